The summed E-state index contributed by atoms with van der Waals surface area (Å²) in [5.41, 5.74) is -0.600. The molecule has 0 aromatic heterocycles. The predicted molar refractivity (Wildman–Crippen MR) is 37.0 cm³/mol. The maximum Gasteiger partial charge on any atom is 0.113 e. The average Bonchev–Trinajstić information content (AvgIpc) is 1.60. The van der Waals surface area contributed by atoms with Crippen LogP contribution in [0, 0.1) is 5.92 Å². The number of hydrogen-bond acceptors (Lipinski definition) is 2. The Morgan fingerprint density at radius 3 is 2.67 bits per heavy atom. The Labute approximate surface area is 56.3 Å². The van der Waals surface area contributed by atoms with Crippen LogP contribution in [0.25, 0.3) is 0 Å². The fourth-order valence-corrected chi connectivity index (χ4v) is 1.44. The van der Waals surface area contributed by atoms with Crippen molar-refractivity contribution in [2.75, 3.05) is 6.54 Å². The maximum atomic E-state index is 9.43. The first kappa shape index (κ1) is 7.03. The van der Waals surface area contributed by atoms with Crippen molar-refractivity contribution in [3.05, 3.63) is 0 Å². The first-order valence-corrected chi connectivity index (χ1v) is 3.57. The summed E-state index contributed by atoms with van der Waals surface area (Å²) in [6, 6.07) is 0. The van der Waals surface area contributed by atoms with Crippen molar-refractivity contribution >= 4 is 0 Å². The SMILES string of the molecule is CC1CCNC(C)(O)C1. The largest absolute Gasteiger partial charge is 0.376 e. The summed E-state index contributed by atoms with van der Waals surface area (Å²) >= 11 is 0. The van der Waals surface area contributed by atoms with Gasteiger partial charge in [0.15, 0.2) is 0 Å². The van der Waals surface area contributed by atoms with Crippen LogP contribution in [-0.4, -0.2) is 17.4 Å². The van der Waals surface area contributed by atoms with Crippen LogP contribution >= 0.6 is 0 Å². The number of hydrogen-bond donors (Lipinski definition) is 2. The van der Waals surface area contributed by atoms with E-state index in [0.29, 0.717) is 5.92 Å². The molecular weight excluding hydrogens is 114 g/mol. The smallest absolute Gasteiger partial charge is 0.113 e. The van der Waals surface area contributed by atoms with E-state index in [1.54, 1.807) is 0 Å². The number of aliphatic hydroxyl groups is 1. The standard InChI is InChI=1S/C7H15NO/c1-6-3-4-8-7(2,9)5-6/h6,8-9H,3-5H2,1-2H3. The molecule has 9 heavy (non-hydrogen) atoms. The summed E-state index contributed by atoms with van der Waals surface area (Å²) in [4.78, 5) is 0. The fourth-order valence-electron chi connectivity index (χ4n) is 1.44. The first-order valence-electron chi connectivity index (χ1n) is 3.57. The molecule has 1 aliphatic heterocycles. The molecule has 0 amide bonds. The van der Waals surface area contributed by atoms with Gasteiger partial charge in [0.05, 0.1) is 0 Å². The Hall–Kier alpha value is -0.0800. The van der Waals surface area contributed by atoms with E-state index in [0.717, 1.165) is 13.0 Å². The van der Waals surface area contributed by atoms with Gasteiger partial charge in [0.1, 0.15) is 5.72 Å². The van der Waals surface area contributed by atoms with E-state index >= 15 is 0 Å². The Balaban J connectivity index is 2.41. The van der Waals surface area contributed by atoms with Crippen LogP contribution in [0.3, 0.4) is 0 Å². The molecule has 1 heterocycles. The number of nitrogens with one attached hydrogen (secondary N) is 1. The van der Waals surface area contributed by atoms with Crippen molar-refractivity contribution in [3.63, 3.8) is 0 Å². The Bertz CT molecular complexity index is 101. The molecule has 0 saturated carbocycles. The van der Waals surface area contributed by atoms with E-state index in [9.17, 15) is 5.11 Å². The summed E-state index contributed by atoms with van der Waals surface area (Å²) in [5, 5.41) is 12.5. The molecule has 2 nitrogen and oxygen atoms in total. The van der Waals surface area contributed by atoms with Gasteiger partial charge in [-0.2, -0.15) is 0 Å². The van der Waals surface area contributed by atoms with Crippen molar-refractivity contribution in [1.82, 2.24) is 5.32 Å². The van der Waals surface area contributed by atoms with Crippen LogP contribution in [0.2, 0.25) is 0 Å². The zero-order valence-corrected chi connectivity index (χ0v) is 6.15. The second-order valence-corrected chi connectivity index (χ2v) is 3.30. The van der Waals surface area contributed by atoms with Gasteiger partial charge < -0.3 is 5.11 Å². The van der Waals surface area contributed by atoms with Gasteiger partial charge in [-0.3, -0.25) is 5.32 Å². The molecule has 0 spiro atoms. The highest BCUT2D eigenvalue weighted by Gasteiger charge is 2.26. The highest BCUT2D eigenvalue weighted by atomic mass is 16.3. The van der Waals surface area contributed by atoms with Gasteiger partial charge in [-0.1, -0.05) is 6.92 Å². The normalized spacial score (nSPS) is 45.0. The number of piperidine rings is 1. The molecule has 1 fully saturated rings. The van der Waals surface area contributed by atoms with Crippen molar-refractivity contribution in [3.8, 4) is 0 Å². The van der Waals surface area contributed by atoms with E-state index < -0.39 is 5.72 Å². The average molecular weight is 129 g/mol. The zero-order chi connectivity index (χ0) is 6.91. The lowest BCUT2D eigenvalue weighted by atomic mass is 9.93. The third-order valence-corrected chi connectivity index (χ3v) is 1.89. The van der Waals surface area contributed by atoms with Gasteiger partial charge in [-0.05, 0) is 32.2 Å². The molecule has 0 aromatic carbocycles. The third kappa shape index (κ3) is 1.95. The van der Waals surface area contributed by atoms with Crippen molar-refractivity contribution in [2.45, 2.75) is 32.4 Å². The number of rotatable bonds is 0. The molecule has 54 valence electrons. The van der Waals surface area contributed by atoms with Crippen LogP contribution in [0.15, 0.2) is 0 Å². The Morgan fingerprint density at radius 2 is 2.33 bits per heavy atom. The molecule has 1 rings (SSSR count). The highest BCUT2D eigenvalue weighted by molar-refractivity contribution is 4.78. The van der Waals surface area contributed by atoms with Crippen molar-refractivity contribution in [1.29, 1.82) is 0 Å². The molecule has 0 bridgehead atoms. The molecular formula is C7H15NO. The predicted octanol–water partition coefficient (Wildman–Crippen LogP) is 0.714. The van der Waals surface area contributed by atoms with Gasteiger partial charge in [-0.15, -0.1) is 0 Å². The van der Waals surface area contributed by atoms with E-state index in [1.165, 1.54) is 6.42 Å². The van der Waals surface area contributed by atoms with Gasteiger partial charge in [0, 0.05) is 0 Å². The van der Waals surface area contributed by atoms with Crippen LogP contribution in [0.1, 0.15) is 26.7 Å². The minimum absolute atomic E-state index is 0.600. The molecule has 2 N–H and O–H groups in total. The lowest BCUT2D eigenvalue weighted by molar-refractivity contribution is -0.0170. The lowest BCUT2D eigenvalue weighted by Crippen LogP contribution is -2.47. The Kier molecular flexibility index (Phi) is 1.78. The second kappa shape index (κ2) is 2.27. The first-order chi connectivity index (χ1) is 4.10. The molecule has 2 heteroatoms. The van der Waals surface area contributed by atoms with E-state index in [-0.39, 0.29) is 0 Å². The molecule has 0 aliphatic carbocycles. The highest BCUT2D eigenvalue weighted by Crippen LogP contribution is 2.20. The van der Waals surface area contributed by atoms with Crippen molar-refractivity contribution in [2.24, 2.45) is 5.92 Å². The Morgan fingerprint density at radius 1 is 1.67 bits per heavy atom. The summed E-state index contributed by atoms with van der Waals surface area (Å²) in [6.07, 6.45) is 2.07. The third-order valence-electron chi connectivity index (χ3n) is 1.89. The quantitative estimate of drug-likeness (QED) is 0.505. The van der Waals surface area contributed by atoms with Crippen LogP contribution in [-0.2, 0) is 0 Å². The van der Waals surface area contributed by atoms with Crippen LogP contribution < -0.4 is 5.32 Å². The maximum absolute atomic E-state index is 9.43. The second-order valence-electron chi connectivity index (χ2n) is 3.30. The molecule has 0 aromatic rings. The summed E-state index contributed by atoms with van der Waals surface area (Å²) < 4.78 is 0. The summed E-state index contributed by atoms with van der Waals surface area (Å²) in [6.45, 7) is 4.96. The topological polar surface area (TPSA) is 32.3 Å². The van der Waals surface area contributed by atoms with Crippen molar-refractivity contribution < 1.29 is 5.11 Å². The van der Waals surface area contributed by atoms with Crippen LogP contribution in [0.5, 0.6) is 0 Å². The molecule has 0 radical (unpaired) electrons. The zero-order valence-electron chi connectivity index (χ0n) is 6.15. The fraction of sp³-hybridized carbons (Fsp3) is 1.00. The summed E-state index contributed by atoms with van der Waals surface area (Å²) in [7, 11) is 0. The minimum Gasteiger partial charge on any atom is -0.376 e. The molecule has 2 atom stereocenters. The lowest BCUT2D eigenvalue weighted by Gasteiger charge is -2.33. The summed E-state index contributed by atoms with van der Waals surface area (Å²) in [5.74, 6) is 0.668. The van der Waals surface area contributed by atoms with Gasteiger partial charge in [0.2, 0.25) is 0 Å². The van der Waals surface area contributed by atoms with Gasteiger partial charge in [-0.25, -0.2) is 0 Å². The molecule has 2 unspecified atom stereocenters. The van der Waals surface area contributed by atoms with Gasteiger partial charge >= 0.3 is 0 Å². The molecule has 1 saturated heterocycles. The van der Waals surface area contributed by atoms with E-state index in [1.807, 2.05) is 6.92 Å². The van der Waals surface area contributed by atoms with E-state index in [2.05, 4.69) is 12.2 Å². The van der Waals surface area contributed by atoms with Crippen LogP contribution in [0.4, 0.5) is 0 Å². The van der Waals surface area contributed by atoms with E-state index in [4.69, 9.17) is 0 Å². The molecule has 1 aliphatic rings. The van der Waals surface area contributed by atoms with Gasteiger partial charge in [0.25, 0.3) is 0 Å². The minimum atomic E-state index is -0.600. The monoisotopic (exact) mass is 129 g/mol.